The Kier molecular flexibility index (Phi) is 4.24. The monoisotopic (exact) mass is 276 g/mol. The number of methoxy groups -OCH3 is 1. The summed E-state index contributed by atoms with van der Waals surface area (Å²) in [5, 5.41) is 7.11. The minimum Gasteiger partial charge on any atom is -0.463 e. The third-order valence-corrected chi connectivity index (χ3v) is 2.74. The highest BCUT2D eigenvalue weighted by molar-refractivity contribution is 5.84. The third-order valence-electron chi connectivity index (χ3n) is 2.74. The number of nitrogens with one attached hydrogen (secondary N) is 1. The molecule has 0 unspecified atom stereocenters. The SMILES string of the molecule is CCCc1c(NC)ncnc1-n1cnc(C(=O)OC)n1. The second-order valence-corrected chi connectivity index (χ2v) is 4.03. The lowest BCUT2D eigenvalue weighted by atomic mass is 10.1. The summed E-state index contributed by atoms with van der Waals surface area (Å²) in [6.07, 6.45) is 4.61. The highest BCUT2D eigenvalue weighted by Gasteiger charge is 2.16. The molecule has 0 saturated heterocycles. The van der Waals surface area contributed by atoms with Crippen molar-refractivity contribution in [3.05, 3.63) is 24.0 Å². The molecule has 0 saturated carbocycles. The van der Waals surface area contributed by atoms with Crippen molar-refractivity contribution in [3.63, 3.8) is 0 Å². The van der Waals surface area contributed by atoms with Gasteiger partial charge in [0.25, 0.3) is 5.82 Å². The van der Waals surface area contributed by atoms with Gasteiger partial charge in [0.15, 0.2) is 5.82 Å². The summed E-state index contributed by atoms with van der Waals surface area (Å²) in [6, 6.07) is 0. The average Bonchev–Trinajstić information content (AvgIpc) is 2.96. The molecule has 0 radical (unpaired) electrons. The van der Waals surface area contributed by atoms with E-state index in [4.69, 9.17) is 0 Å². The van der Waals surface area contributed by atoms with E-state index in [0.717, 1.165) is 24.2 Å². The van der Waals surface area contributed by atoms with Crippen LogP contribution in [-0.4, -0.2) is 44.9 Å². The molecule has 8 nitrogen and oxygen atoms in total. The summed E-state index contributed by atoms with van der Waals surface area (Å²) in [5.41, 5.74) is 0.929. The van der Waals surface area contributed by atoms with Gasteiger partial charge in [0, 0.05) is 12.6 Å². The van der Waals surface area contributed by atoms with E-state index in [1.807, 2.05) is 0 Å². The van der Waals surface area contributed by atoms with Crippen LogP contribution in [0.1, 0.15) is 29.5 Å². The fraction of sp³-hybridized carbons (Fsp3) is 0.417. The van der Waals surface area contributed by atoms with Crippen LogP contribution in [0, 0.1) is 0 Å². The number of carbonyl (C=O) groups excluding carboxylic acids is 1. The zero-order valence-electron chi connectivity index (χ0n) is 11.6. The summed E-state index contributed by atoms with van der Waals surface area (Å²) in [4.78, 5) is 23.7. The number of esters is 1. The van der Waals surface area contributed by atoms with Crippen molar-refractivity contribution < 1.29 is 9.53 Å². The molecule has 106 valence electrons. The molecule has 2 aromatic heterocycles. The van der Waals surface area contributed by atoms with Gasteiger partial charge in [-0.3, -0.25) is 0 Å². The zero-order chi connectivity index (χ0) is 14.5. The van der Waals surface area contributed by atoms with Crippen LogP contribution in [0.2, 0.25) is 0 Å². The van der Waals surface area contributed by atoms with Crippen LogP contribution in [0.15, 0.2) is 12.7 Å². The van der Waals surface area contributed by atoms with Crippen molar-refractivity contribution in [2.45, 2.75) is 19.8 Å². The number of aromatic nitrogens is 5. The summed E-state index contributed by atoms with van der Waals surface area (Å²) in [6.45, 7) is 2.07. The molecule has 2 aromatic rings. The maximum Gasteiger partial charge on any atom is 0.377 e. The molecule has 0 aliphatic carbocycles. The first-order valence-electron chi connectivity index (χ1n) is 6.23. The molecule has 0 aliphatic rings. The lowest BCUT2D eigenvalue weighted by molar-refractivity contribution is 0.0587. The number of hydrogen-bond acceptors (Lipinski definition) is 7. The van der Waals surface area contributed by atoms with Gasteiger partial charge in [0.2, 0.25) is 0 Å². The third kappa shape index (κ3) is 2.58. The van der Waals surface area contributed by atoms with E-state index in [9.17, 15) is 4.79 Å². The molecular formula is C12H16N6O2. The van der Waals surface area contributed by atoms with Crippen molar-refractivity contribution in [2.24, 2.45) is 0 Å². The second-order valence-electron chi connectivity index (χ2n) is 4.03. The Labute approximate surface area is 116 Å². The van der Waals surface area contributed by atoms with E-state index in [1.165, 1.54) is 24.4 Å². The van der Waals surface area contributed by atoms with Crippen molar-refractivity contribution in [2.75, 3.05) is 19.5 Å². The fourth-order valence-electron chi connectivity index (χ4n) is 1.85. The second kappa shape index (κ2) is 6.09. The first-order chi connectivity index (χ1) is 9.71. The predicted octanol–water partition coefficient (Wildman–Crippen LogP) is 0.838. The summed E-state index contributed by atoms with van der Waals surface area (Å²) < 4.78 is 6.04. The lowest BCUT2D eigenvalue weighted by Gasteiger charge is -2.11. The van der Waals surface area contributed by atoms with Crippen LogP contribution in [0.3, 0.4) is 0 Å². The van der Waals surface area contributed by atoms with Crippen molar-refractivity contribution >= 4 is 11.8 Å². The topological polar surface area (TPSA) is 94.8 Å². The summed E-state index contributed by atoms with van der Waals surface area (Å²) in [5.74, 6) is 0.768. The van der Waals surface area contributed by atoms with E-state index >= 15 is 0 Å². The van der Waals surface area contributed by atoms with Crippen LogP contribution in [0.5, 0.6) is 0 Å². The Hall–Kier alpha value is -2.51. The molecule has 1 N–H and O–H groups in total. The van der Waals surface area contributed by atoms with E-state index in [-0.39, 0.29) is 5.82 Å². The minimum atomic E-state index is -0.580. The van der Waals surface area contributed by atoms with Gasteiger partial charge >= 0.3 is 5.97 Å². The number of carbonyl (C=O) groups is 1. The molecule has 8 heteroatoms. The van der Waals surface area contributed by atoms with E-state index in [0.29, 0.717) is 5.82 Å². The van der Waals surface area contributed by atoms with Gasteiger partial charge in [0.05, 0.1) is 7.11 Å². The van der Waals surface area contributed by atoms with Crippen LogP contribution < -0.4 is 5.32 Å². The van der Waals surface area contributed by atoms with Crippen molar-refractivity contribution in [3.8, 4) is 5.82 Å². The minimum absolute atomic E-state index is 0.000400. The number of rotatable bonds is 5. The summed E-state index contributed by atoms with van der Waals surface area (Å²) >= 11 is 0. The molecule has 0 aromatic carbocycles. The number of anilines is 1. The maximum atomic E-state index is 11.4. The number of hydrogen-bond donors (Lipinski definition) is 1. The van der Waals surface area contributed by atoms with E-state index in [2.05, 4.69) is 37.0 Å². The van der Waals surface area contributed by atoms with Crippen molar-refractivity contribution in [1.82, 2.24) is 24.7 Å². The predicted molar refractivity (Wildman–Crippen MR) is 71.8 cm³/mol. The largest absolute Gasteiger partial charge is 0.463 e. The van der Waals surface area contributed by atoms with E-state index in [1.54, 1.807) is 7.05 Å². The van der Waals surface area contributed by atoms with Gasteiger partial charge in [-0.2, -0.15) is 0 Å². The van der Waals surface area contributed by atoms with E-state index < -0.39 is 5.97 Å². The molecule has 0 aliphatic heterocycles. The Morgan fingerprint density at radius 2 is 2.20 bits per heavy atom. The normalized spacial score (nSPS) is 10.3. The molecule has 0 atom stereocenters. The van der Waals surface area contributed by atoms with Gasteiger partial charge in [-0.25, -0.2) is 24.4 Å². The zero-order valence-corrected chi connectivity index (χ0v) is 11.6. The first-order valence-corrected chi connectivity index (χ1v) is 6.23. The fourth-order valence-corrected chi connectivity index (χ4v) is 1.85. The van der Waals surface area contributed by atoms with Gasteiger partial charge in [-0.1, -0.05) is 13.3 Å². The standard InChI is InChI=1S/C12H16N6O2/c1-4-5-8-9(13-2)14-6-15-11(8)18-7-16-10(17-18)12(19)20-3/h6-7H,4-5H2,1-3H3,(H,13,14,15). The molecular weight excluding hydrogens is 260 g/mol. The smallest absolute Gasteiger partial charge is 0.377 e. The van der Waals surface area contributed by atoms with Crippen LogP contribution in [0.25, 0.3) is 5.82 Å². The highest BCUT2D eigenvalue weighted by atomic mass is 16.5. The Balaban J connectivity index is 2.46. The lowest BCUT2D eigenvalue weighted by Crippen LogP contribution is -2.10. The quantitative estimate of drug-likeness (QED) is 0.808. The molecule has 2 heterocycles. The molecule has 0 fully saturated rings. The molecule has 2 rings (SSSR count). The molecule has 20 heavy (non-hydrogen) atoms. The van der Waals surface area contributed by atoms with Gasteiger partial charge in [0.1, 0.15) is 18.5 Å². The van der Waals surface area contributed by atoms with Crippen LogP contribution in [-0.2, 0) is 11.2 Å². The van der Waals surface area contributed by atoms with Crippen molar-refractivity contribution in [1.29, 1.82) is 0 Å². The van der Waals surface area contributed by atoms with Gasteiger partial charge < -0.3 is 10.1 Å². The maximum absolute atomic E-state index is 11.4. The average molecular weight is 276 g/mol. The van der Waals surface area contributed by atoms with Gasteiger partial charge in [-0.15, -0.1) is 5.10 Å². The Morgan fingerprint density at radius 3 is 2.85 bits per heavy atom. The number of ether oxygens (including phenoxy) is 1. The Morgan fingerprint density at radius 1 is 1.40 bits per heavy atom. The first kappa shape index (κ1) is 13.9. The highest BCUT2D eigenvalue weighted by Crippen LogP contribution is 2.19. The molecule has 0 amide bonds. The molecule has 0 spiro atoms. The Bertz CT molecular complexity index is 610. The van der Waals surface area contributed by atoms with Gasteiger partial charge in [-0.05, 0) is 6.42 Å². The summed E-state index contributed by atoms with van der Waals surface area (Å²) in [7, 11) is 3.09. The molecule has 0 bridgehead atoms. The van der Waals surface area contributed by atoms with Crippen LogP contribution in [0.4, 0.5) is 5.82 Å². The number of nitrogens with zero attached hydrogens (tertiary/aromatic N) is 5. The van der Waals surface area contributed by atoms with Crippen LogP contribution >= 0.6 is 0 Å².